The topological polar surface area (TPSA) is 264 Å². The number of carbonyl (C=O) groups is 3. The molecule has 0 spiro atoms. The van der Waals surface area contributed by atoms with Crippen molar-refractivity contribution in [3.63, 3.8) is 0 Å². The number of aromatic nitrogens is 3. The fourth-order valence-electron chi connectivity index (χ4n) is 4.08. The zero-order valence-electron chi connectivity index (χ0n) is 23.9. The summed E-state index contributed by atoms with van der Waals surface area (Å²) in [6.07, 6.45) is 2.72. The van der Waals surface area contributed by atoms with Crippen LogP contribution in [-0.4, -0.2) is 92.0 Å². The molecule has 3 heterocycles. The Morgan fingerprint density at radius 1 is 1.27 bits per heavy atom. The number of hydrogen-bond acceptors (Lipinski definition) is 14. The lowest BCUT2D eigenvalue weighted by atomic mass is 9.84. The van der Waals surface area contributed by atoms with Crippen LogP contribution < -0.4 is 21.5 Å². The van der Waals surface area contributed by atoms with Crippen molar-refractivity contribution in [3.8, 4) is 17.0 Å². The second-order valence-corrected chi connectivity index (χ2v) is 12.0. The van der Waals surface area contributed by atoms with Crippen molar-refractivity contribution in [2.45, 2.75) is 44.5 Å². The number of carbonyl (C=O) groups excluding carboxylic acids is 2. The Morgan fingerprint density at radius 2 is 1.98 bits per heavy atom. The molecule has 4 rings (SSSR count). The molecule has 20 heteroatoms. The first kappa shape index (κ1) is 33.3. The normalized spacial score (nSPS) is 17.0. The summed E-state index contributed by atoms with van der Waals surface area (Å²) in [5.41, 5.74) is 10.7. The van der Waals surface area contributed by atoms with E-state index in [4.69, 9.17) is 25.6 Å². The monoisotopic (exact) mass is 666 g/mol. The van der Waals surface area contributed by atoms with Crippen molar-refractivity contribution in [3.05, 3.63) is 47.9 Å². The highest BCUT2D eigenvalue weighted by atomic mass is 32.3. The van der Waals surface area contributed by atoms with Gasteiger partial charge in [-0.25, -0.2) is 14.8 Å². The Bertz CT molecular complexity index is 1690. The smallest absolute Gasteiger partial charge is 0.418 e. The largest absolute Gasteiger partial charge is 0.489 e. The second-order valence-electron chi connectivity index (χ2n) is 10.1. The number of anilines is 1. The molecule has 2 amide bonds. The fraction of sp³-hybridized carbons (Fsp3) is 0.360. The molecular weight excluding hydrogens is 636 g/mol. The minimum atomic E-state index is -5.01. The number of benzene rings is 1. The van der Waals surface area contributed by atoms with Gasteiger partial charge in [-0.1, -0.05) is 5.16 Å². The van der Waals surface area contributed by atoms with Gasteiger partial charge in [0.2, 0.25) is 0 Å². The lowest BCUT2D eigenvalue weighted by Crippen LogP contribution is -2.76. The zero-order chi connectivity index (χ0) is 32.9. The van der Waals surface area contributed by atoms with E-state index in [0.717, 1.165) is 35.6 Å². The quantitative estimate of drug-likeness (QED) is 0.0620. The van der Waals surface area contributed by atoms with Gasteiger partial charge in [-0.2, -0.15) is 13.5 Å². The molecule has 1 aromatic carbocycles. The lowest BCUT2D eigenvalue weighted by molar-refractivity contribution is -0.218. The number of carboxylic acid groups (broad SMARTS) is 1. The van der Waals surface area contributed by atoms with E-state index in [-0.39, 0.29) is 10.8 Å². The van der Waals surface area contributed by atoms with Crippen LogP contribution in [0, 0.1) is 0 Å². The molecule has 1 fully saturated rings. The second kappa shape index (κ2) is 13.6. The number of nitrogens with zero attached hydrogens (tertiary/aromatic N) is 5. The number of imidazole rings is 1. The molecule has 1 aliphatic heterocycles. The summed E-state index contributed by atoms with van der Waals surface area (Å²) < 4.78 is 42.9. The van der Waals surface area contributed by atoms with Gasteiger partial charge in [0.05, 0.1) is 17.6 Å². The number of ether oxygens (including phenoxy) is 1. The number of oxime groups is 1. The average Bonchev–Trinajstić information content (AvgIpc) is 3.64. The minimum Gasteiger partial charge on any atom is -0.489 e. The summed E-state index contributed by atoms with van der Waals surface area (Å²) in [6.45, 7) is 3.52. The minimum absolute atomic E-state index is 0.0576. The van der Waals surface area contributed by atoms with E-state index in [9.17, 15) is 27.9 Å². The Hall–Kier alpha value is -4.63. The van der Waals surface area contributed by atoms with Gasteiger partial charge in [0.25, 0.3) is 17.9 Å². The van der Waals surface area contributed by atoms with Crippen molar-refractivity contribution in [2.75, 3.05) is 18.9 Å². The third kappa shape index (κ3) is 8.10. The molecule has 1 saturated heterocycles. The van der Waals surface area contributed by atoms with Gasteiger partial charge in [0.1, 0.15) is 24.1 Å². The van der Waals surface area contributed by atoms with Crippen molar-refractivity contribution >= 4 is 50.4 Å². The maximum absolute atomic E-state index is 13.2. The van der Waals surface area contributed by atoms with Crippen molar-refractivity contribution < 1.29 is 46.3 Å². The molecule has 0 saturated carbocycles. The molecule has 0 aliphatic carbocycles. The molecular formula is C25H30N8O10S2. The Morgan fingerprint density at radius 3 is 2.56 bits per heavy atom. The first-order chi connectivity index (χ1) is 21.2. The standard InChI is InChI=1S/C25H30N8O10S2/c1-25(2)20(22(35)33(25)43-45(38,39)40)30-21(34)19(17-12-44-24(27)29-17)31-42-18(23(36)37)11-41-15-6-4-14(5-7-15)16-10-32(13-28-16)9-3-8-26/h4-7,10,12-13,18,20H,3,8-9,11,26H2,1-2H3,(H2,27,29)(H,30,34)(H,36,37)(H,38,39,40). The number of hydrogen-bond donors (Lipinski definition) is 5. The van der Waals surface area contributed by atoms with Gasteiger partial charge in [-0.15, -0.1) is 15.6 Å². The molecule has 45 heavy (non-hydrogen) atoms. The highest BCUT2D eigenvalue weighted by Gasteiger charge is 2.58. The number of thiazole rings is 1. The van der Waals surface area contributed by atoms with Gasteiger partial charge in [0.15, 0.2) is 10.8 Å². The number of nitrogens with one attached hydrogen (secondary N) is 1. The molecule has 1 aliphatic rings. The first-order valence-electron chi connectivity index (χ1n) is 13.1. The molecule has 2 atom stereocenters. The average molecular weight is 667 g/mol. The van der Waals surface area contributed by atoms with Crippen molar-refractivity contribution in [1.29, 1.82) is 0 Å². The fourth-order valence-corrected chi connectivity index (χ4v) is 5.08. The van der Waals surface area contributed by atoms with Crippen LogP contribution in [0.3, 0.4) is 0 Å². The Labute approximate surface area is 260 Å². The number of nitrogens with two attached hydrogens (primary N) is 2. The number of hydroxylamine groups is 2. The predicted octanol–water partition coefficient (Wildman–Crippen LogP) is 0.0305. The molecule has 2 aromatic heterocycles. The predicted molar refractivity (Wildman–Crippen MR) is 158 cm³/mol. The number of β-lactam (4-membered cyclic amide) rings is 1. The number of amides is 2. The molecule has 0 radical (unpaired) electrons. The summed E-state index contributed by atoms with van der Waals surface area (Å²) in [5.74, 6) is -3.15. The van der Waals surface area contributed by atoms with E-state index in [1.807, 2.05) is 10.8 Å². The maximum Gasteiger partial charge on any atom is 0.418 e. The van der Waals surface area contributed by atoms with Crippen LogP contribution in [0.2, 0.25) is 0 Å². The number of rotatable bonds is 15. The van der Waals surface area contributed by atoms with Gasteiger partial charge in [-0.3, -0.25) is 14.1 Å². The van der Waals surface area contributed by atoms with Gasteiger partial charge in [0, 0.05) is 23.7 Å². The van der Waals surface area contributed by atoms with Gasteiger partial charge < -0.3 is 36.0 Å². The van der Waals surface area contributed by atoms with E-state index in [1.165, 1.54) is 19.2 Å². The molecule has 2 unspecified atom stereocenters. The molecule has 18 nitrogen and oxygen atoms in total. The van der Waals surface area contributed by atoms with Gasteiger partial charge >= 0.3 is 16.4 Å². The summed E-state index contributed by atoms with van der Waals surface area (Å²) >= 11 is 0.957. The van der Waals surface area contributed by atoms with Gasteiger partial charge in [-0.05, 0) is 51.1 Å². The number of aryl methyl sites for hydroxylation is 1. The number of nitrogen functional groups attached to an aromatic ring is 1. The molecule has 0 bridgehead atoms. The van der Waals surface area contributed by atoms with E-state index < -0.39 is 58.2 Å². The van der Waals surface area contributed by atoms with Crippen LogP contribution in [0.25, 0.3) is 11.3 Å². The number of aliphatic carboxylic acids is 1. The number of carboxylic acids is 1. The highest BCUT2D eigenvalue weighted by molar-refractivity contribution is 7.80. The summed E-state index contributed by atoms with van der Waals surface area (Å²) in [4.78, 5) is 51.1. The van der Waals surface area contributed by atoms with Crippen molar-refractivity contribution in [2.24, 2.45) is 10.9 Å². The molecule has 7 N–H and O–H groups in total. The van der Waals surface area contributed by atoms with Crippen LogP contribution in [0.4, 0.5) is 5.13 Å². The highest BCUT2D eigenvalue weighted by Crippen LogP contribution is 2.33. The van der Waals surface area contributed by atoms with E-state index in [2.05, 4.69) is 24.7 Å². The van der Waals surface area contributed by atoms with Crippen molar-refractivity contribution in [1.82, 2.24) is 24.9 Å². The van der Waals surface area contributed by atoms with E-state index in [1.54, 1.807) is 30.6 Å². The zero-order valence-corrected chi connectivity index (χ0v) is 25.5. The van der Waals surface area contributed by atoms with Crippen LogP contribution in [-0.2, 0) is 40.4 Å². The Kier molecular flexibility index (Phi) is 10.0. The van der Waals surface area contributed by atoms with Crippen LogP contribution >= 0.6 is 11.3 Å². The molecule has 3 aromatic rings. The Balaban J connectivity index is 1.44. The third-order valence-corrected chi connectivity index (χ3v) is 7.46. The summed E-state index contributed by atoms with van der Waals surface area (Å²) in [7, 11) is -5.01. The van der Waals surface area contributed by atoms with Crippen LogP contribution in [0.15, 0.2) is 47.3 Å². The maximum atomic E-state index is 13.2. The third-order valence-electron chi connectivity index (χ3n) is 6.45. The SMILES string of the molecule is CC1(C)C(NC(=O)C(=NOC(COc2ccc(-c3cn(CCCN)cn3)cc2)C(=O)O)c2csc(N)n2)C(=O)N1OS(=O)(=O)O. The molecule has 242 valence electrons. The summed E-state index contributed by atoms with van der Waals surface area (Å²) in [5, 5.41) is 17.5. The van der Waals surface area contributed by atoms with Crippen LogP contribution in [0.5, 0.6) is 5.75 Å². The summed E-state index contributed by atoms with van der Waals surface area (Å²) in [6, 6.07) is 5.43. The van der Waals surface area contributed by atoms with Crippen LogP contribution in [0.1, 0.15) is 26.0 Å². The lowest BCUT2D eigenvalue weighted by Gasteiger charge is -2.50. The first-order valence-corrected chi connectivity index (χ1v) is 15.4. The van der Waals surface area contributed by atoms with E-state index in [0.29, 0.717) is 17.4 Å². The van der Waals surface area contributed by atoms with E-state index >= 15 is 0 Å².